The van der Waals surface area contributed by atoms with Crippen molar-refractivity contribution in [3.05, 3.63) is 63.2 Å². The zero-order valence-electron chi connectivity index (χ0n) is 13.8. The molecule has 0 aliphatic carbocycles. The van der Waals surface area contributed by atoms with Crippen LogP contribution in [0.25, 0.3) is 0 Å². The lowest BCUT2D eigenvalue weighted by Gasteiger charge is -2.34. The van der Waals surface area contributed by atoms with Crippen LogP contribution >= 0.6 is 22.3 Å². The molecule has 4 nitrogen and oxygen atoms in total. The Labute approximate surface area is 157 Å². The second kappa shape index (κ2) is 6.62. The number of halogens is 2. The zero-order chi connectivity index (χ0) is 18.4. The average molecular weight is 395 g/mol. The third-order valence-corrected chi connectivity index (χ3v) is 6.14. The molecule has 0 amide bonds. The van der Waals surface area contributed by atoms with Gasteiger partial charge in [0.2, 0.25) is 0 Å². The van der Waals surface area contributed by atoms with Gasteiger partial charge in [-0.05, 0) is 60.5 Å². The molecule has 1 aliphatic heterocycles. The Morgan fingerprint density at radius 1 is 1.24 bits per heavy atom. The quantitative estimate of drug-likeness (QED) is 0.721. The van der Waals surface area contributed by atoms with Crippen molar-refractivity contribution in [1.82, 2.24) is 4.90 Å². The molecule has 0 saturated carbocycles. The van der Waals surface area contributed by atoms with Gasteiger partial charge in [-0.1, -0.05) is 17.7 Å². The van der Waals surface area contributed by atoms with Crippen LogP contribution in [-0.4, -0.2) is 26.9 Å². The van der Waals surface area contributed by atoms with Gasteiger partial charge in [-0.15, -0.1) is 0 Å². The molecule has 0 bridgehead atoms. The number of rotatable bonds is 2. The summed E-state index contributed by atoms with van der Waals surface area (Å²) in [5.74, 6) is -0.0853. The van der Waals surface area contributed by atoms with E-state index in [1.54, 1.807) is 18.2 Å². The maximum Gasteiger partial charge on any atom is 0.261 e. The Kier molecular flexibility index (Phi) is 4.82. The third kappa shape index (κ3) is 3.54. The molecule has 2 aromatic rings. The van der Waals surface area contributed by atoms with Crippen LogP contribution in [0.15, 0.2) is 35.2 Å². The van der Waals surface area contributed by atoms with Crippen LogP contribution in [0.4, 0.5) is 0 Å². The van der Waals surface area contributed by atoms with Crippen molar-refractivity contribution in [2.45, 2.75) is 24.3 Å². The molecule has 25 heavy (non-hydrogen) atoms. The summed E-state index contributed by atoms with van der Waals surface area (Å²) in [6, 6.07) is 10.6. The summed E-state index contributed by atoms with van der Waals surface area (Å²) in [5, 5.41) is 9.95. The lowest BCUT2D eigenvalue weighted by molar-refractivity contribution is 0.294. The number of nitrogens with zero attached hydrogens (tertiary/aromatic N) is 2. The highest BCUT2D eigenvalue weighted by atomic mass is 35.7. The maximum atomic E-state index is 11.7. The molecule has 0 aromatic heterocycles. The van der Waals surface area contributed by atoms with Gasteiger partial charge in [0.05, 0.1) is 16.5 Å². The fraction of sp³-hybridized carbons (Fsp3) is 0.278. The first-order chi connectivity index (χ1) is 11.7. The first-order valence-electron chi connectivity index (χ1n) is 7.67. The molecule has 0 radical (unpaired) electrons. The number of hydrogen-bond acceptors (Lipinski definition) is 4. The predicted octanol–water partition coefficient (Wildman–Crippen LogP) is 4.02. The summed E-state index contributed by atoms with van der Waals surface area (Å²) >= 11 is 6.21. The van der Waals surface area contributed by atoms with Gasteiger partial charge < -0.3 is 4.90 Å². The average Bonchev–Trinajstić information content (AvgIpc) is 2.53. The van der Waals surface area contributed by atoms with Gasteiger partial charge in [-0.2, -0.15) is 5.26 Å². The van der Waals surface area contributed by atoms with Gasteiger partial charge in [0.1, 0.15) is 0 Å². The number of likely N-dealkylation sites (N-methyl/N-ethyl adjacent to an activating group) is 1. The number of fused-ring (bicyclic) bond motifs is 1. The van der Waals surface area contributed by atoms with E-state index in [1.165, 1.54) is 6.07 Å². The molecule has 1 aliphatic rings. The Bertz CT molecular complexity index is 997. The van der Waals surface area contributed by atoms with Crippen LogP contribution in [0.1, 0.15) is 33.7 Å². The van der Waals surface area contributed by atoms with E-state index < -0.39 is 9.05 Å². The molecule has 130 valence electrons. The number of nitriles is 1. The Morgan fingerprint density at radius 2 is 1.96 bits per heavy atom. The summed E-state index contributed by atoms with van der Waals surface area (Å²) in [6.45, 7) is 3.28. The smallest absolute Gasteiger partial charge is 0.261 e. The number of hydrogen-bond donors (Lipinski definition) is 0. The minimum atomic E-state index is -3.81. The molecule has 0 saturated heterocycles. The fourth-order valence-corrected chi connectivity index (χ4v) is 4.41. The molecular formula is C18H16Cl2N2O2S. The van der Waals surface area contributed by atoms with Gasteiger partial charge >= 0.3 is 0 Å². The van der Waals surface area contributed by atoms with Gasteiger partial charge in [-0.3, -0.25) is 0 Å². The highest BCUT2D eigenvalue weighted by molar-refractivity contribution is 8.13. The Hall–Kier alpha value is -1.58. The van der Waals surface area contributed by atoms with Crippen molar-refractivity contribution < 1.29 is 8.42 Å². The first-order valence-corrected chi connectivity index (χ1v) is 10.4. The van der Waals surface area contributed by atoms with Crippen molar-refractivity contribution in [1.29, 1.82) is 5.26 Å². The SMILES string of the molecule is Cc1ccc(S(=O)(=O)Cl)cc1C1CN(C)Cc2c(C#N)cc(Cl)cc21. The molecule has 0 spiro atoms. The highest BCUT2D eigenvalue weighted by Gasteiger charge is 2.29. The molecule has 2 aromatic carbocycles. The van der Waals surface area contributed by atoms with Crippen LogP contribution in [0.2, 0.25) is 5.02 Å². The van der Waals surface area contributed by atoms with E-state index in [4.69, 9.17) is 22.3 Å². The van der Waals surface area contributed by atoms with E-state index in [2.05, 4.69) is 11.0 Å². The molecule has 0 fully saturated rings. The van der Waals surface area contributed by atoms with E-state index >= 15 is 0 Å². The monoisotopic (exact) mass is 394 g/mol. The predicted molar refractivity (Wildman–Crippen MR) is 98.6 cm³/mol. The molecule has 1 atom stereocenters. The van der Waals surface area contributed by atoms with Crippen LogP contribution < -0.4 is 0 Å². The largest absolute Gasteiger partial charge is 0.301 e. The summed E-state index contributed by atoms with van der Waals surface area (Å²) in [6.07, 6.45) is 0. The van der Waals surface area contributed by atoms with Gasteiger partial charge in [0.25, 0.3) is 9.05 Å². The van der Waals surface area contributed by atoms with Crippen LogP contribution in [0, 0.1) is 18.3 Å². The lowest BCUT2D eigenvalue weighted by Crippen LogP contribution is -2.32. The standard InChI is InChI=1S/C18H16Cl2N2O2S/c1-11-3-4-14(25(20,23)24)7-15(11)18-10-22(2)9-17-12(8-21)5-13(19)6-16(17)18/h3-7,18H,9-10H2,1-2H3. The molecule has 1 heterocycles. The maximum absolute atomic E-state index is 11.7. The fourth-order valence-electron chi connectivity index (χ4n) is 3.40. The number of aryl methyl sites for hydroxylation is 1. The van der Waals surface area contributed by atoms with Gasteiger partial charge in [0.15, 0.2) is 0 Å². The van der Waals surface area contributed by atoms with Crippen molar-refractivity contribution in [2.24, 2.45) is 0 Å². The highest BCUT2D eigenvalue weighted by Crippen LogP contribution is 2.38. The van der Waals surface area contributed by atoms with E-state index in [-0.39, 0.29) is 10.8 Å². The van der Waals surface area contributed by atoms with Crippen molar-refractivity contribution in [3.63, 3.8) is 0 Å². The van der Waals surface area contributed by atoms with Crippen LogP contribution in [0.3, 0.4) is 0 Å². The summed E-state index contributed by atoms with van der Waals surface area (Å²) < 4.78 is 23.5. The van der Waals surface area contributed by atoms with E-state index in [0.717, 1.165) is 22.3 Å². The van der Waals surface area contributed by atoms with Crippen molar-refractivity contribution >= 4 is 31.3 Å². The molecule has 7 heteroatoms. The second-order valence-electron chi connectivity index (χ2n) is 6.34. The Morgan fingerprint density at radius 3 is 2.60 bits per heavy atom. The lowest BCUT2D eigenvalue weighted by atomic mass is 9.81. The van der Waals surface area contributed by atoms with Crippen molar-refractivity contribution in [2.75, 3.05) is 13.6 Å². The molecule has 3 rings (SSSR count). The van der Waals surface area contributed by atoms with Crippen LogP contribution in [-0.2, 0) is 15.6 Å². The summed E-state index contributed by atoms with van der Waals surface area (Å²) in [7, 11) is 3.68. The second-order valence-corrected chi connectivity index (χ2v) is 9.34. The Balaban J connectivity index is 2.24. The molecular weight excluding hydrogens is 379 g/mol. The third-order valence-electron chi connectivity index (χ3n) is 4.57. The molecule has 1 unspecified atom stereocenters. The van der Waals surface area contributed by atoms with Gasteiger partial charge in [-0.25, -0.2) is 8.42 Å². The number of benzene rings is 2. The minimum Gasteiger partial charge on any atom is -0.301 e. The topological polar surface area (TPSA) is 61.2 Å². The summed E-state index contributed by atoms with van der Waals surface area (Å²) in [4.78, 5) is 2.19. The molecule has 0 N–H and O–H groups in total. The normalized spacial score (nSPS) is 17.8. The first kappa shape index (κ1) is 18.2. The zero-order valence-corrected chi connectivity index (χ0v) is 16.1. The van der Waals surface area contributed by atoms with Crippen molar-refractivity contribution in [3.8, 4) is 6.07 Å². The summed E-state index contributed by atoms with van der Waals surface area (Å²) in [5.41, 5.74) is 4.30. The van der Waals surface area contributed by atoms with E-state index in [9.17, 15) is 13.7 Å². The van der Waals surface area contributed by atoms with Gasteiger partial charge in [0, 0.05) is 34.7 Å². The van der Waals surface area contributed by atoms with Crippen LogP contribution in [0.5, 0.6) is 0 Å². The van der Waals surface area contributed by atoms with E-state index in [1.807, 2.05) is 20.0 Å². The van der Waals surface area contributed by atoms with E-state index in [0.29, 0.717) is 23.7 Å². The minimum absolute atomic E-state index is 0.0760.